The van der Waals surface area contributed by atoms with Crippen LogP contribution in [0.25, 0.3) is 6.08 Å². The summed E-state index contributed by atoms with van der Waals surface area (Å²) in [5.41, 5.74) is 3.77. The van der Waals surface area contributed by atoms with Crippen LogP contribution in [-0.4, -0.2) is 40.9 Å². The molecule has 2 rings (SSSR count). The lowest BCUT2D eigenvalue weighted by molar-refractivity contribution is 0.141. The van der Waals surface area contributed by atoms with E-state index in [2.05, 4.69) is 11.9 Å². The molecule has 6 heteroatoms. The lowest BCUT2D eigenvalue weighted by Gasteiger charge is -2.23. The number of aliphatic imine (C=N–C) groups is 1. The van der Waals surface area contributed by atoms with Crippen molar-refractivity contribution < 1.29 is 18.9 Å². The fourth-order valence-corrected chi connectivity index (χ4v) is 3.23. The smallest absolute Gasteiger partial charge is 0.203 e. The molecule has 0 aromatic heterocycles. The quantitative estimate of drug-likeness (QED) is 0.751. The first-order chi connectivity index (χ1) is 12.0. The van der Waals surface area contributed by atoms with Crippen molar-refractivity contribution in [2.75, 3.05) is 28.4 Å². The summed E-state index contributed by atoms with van der Waals surface area (Å²) in [6.45, 7) is 4.04. The molecule has 0 radical (unpaired) electrons. The zero-order chi connectivity index (χ0) is 18.6. The fourth-order valence-electron chi connectivity index (χ4n) is 2.93. The SMILES string of the molecule is CCC1=C(Cl)C=NC(OC)C1=Cc1c(C)cc(OC)c(OC)c1OC. The van der Waals surface area contributed by atoms with Gasteiger partial charge in [-0.15, -0.1) is 0 Å². The van der Waals surface area contributed by atoms with Crippen LogP contribution in [0.15, 0.2) is 27.2 Å². The van der Waals surface area contributed by atoms with Gasteiger partial charge < -0.3 is 18.9 Å². The third-order valence-electron chi connectivity index (χ3n) is 4.18. The van der Waals surface area contributed by atoms with E-state index in [0.29, 0.717) is 22.3 Å². The Bertz CT molecular complexity index is 737. The molecule has 1 atom stereocenters. The number of aryl methyl sites for hydroxylation is 1. The molecule has 1 aliphatic rings. The van der Waals surface area contributed by atoms with E-state index in [1.54, 1.807) is 34.7 Å². The molecule has 1 aromatic carbocycles. The Morgan fingerprint density at radius 3 is 2.32 bits per heavy atom. The number of nitrogens with zero attached hydrogens (tertiary/aromatic N) is 1. The van der Waals surface area contributed by atoms with Gasteiger partial charge in [0.25, 0.3) is 0 Å². The summed E-state index contributed by atoms with van der Waals surface area (Å²) < 4.78 is 22.0. The number of allylic oxidation sites excluding steroid dienone is 1. The third kappa shape index (κ3) is 3.67. The van der Waals surface area contributed by atoms with E-state index in [1.807, 2.05) is 19.1 Å². The minimum atomic E-state index is -0.408. The number of benzene rings is 1. The highest BCUT2D eigenvalue weighted by atomic mass is 35.5. The highest BCUT2D eigenvalue weighted by Gasteiger charge is 2.24. The van der Waals surface area contributed by atoms with Crippen molar-refractivity contribution in [1.29, 1.82) is 0 Å². The van der Waals surface area contributed by atoms with Crippen molar-refractivity contribution in [1.82, 2.24) is 0 Å². The molecule has 0 amide bonds. The summed E-state index contributed by atoms with van der Waals surface area (Å²) >= 11 is 6.34. The molecule has 0 fully saturated rings. The summed E-state index contributed by atoms with van der Waals surface area (Å²) in [4.78, 5) is 4.36. The Morgan fingerprint density at radius 2 is 1.80 bits per heavy atom. The lowest BCUT2D eigenvalue weighted by atomic mass is 9.95. The topological polar surface area (TPSA) is 49.3 Å². The van der Waals surface area contributed by atoms with Gasteiger partial charge in [0.2, 0.25) is 5.75 Å². The molecule has 5 nitrogen and oxygen atoms in total. The van der Waals surface area contributed by atoms with Crippen molar-refractivity contribution in [2.45, 2.75) is 26.5 Å². The Balaban J connectivity index is 2.72. The molecule has 0 saturated carbocycles. The van der Waals surface area contributed by atoms with Gasteiger partial charge >= 0.3 is 0 Å². The lowest BCUT2D eigenvalue weighted by Crippen LogP contribution is -2.17. The van der Waals surface area contributed by atoms with Gasteiger partial charge in [-0.2, -0.15) is 0 Å². The highest BCUT2D eigenvalue weighted by molar-refractivity contribution is 6.40. The second-order valence-electron chi connectivity index (χ2n) is 5.52. The molecule has 25 heavy (non-hydrogen) atoms. The Morgan fingerprint density at radius 1 is 1.12 bits per heavy atom. The van der Waals surface area contributed by atoms with Crippen LogP contribution in [0, 0.1) is 6.92 Å². The number of ether oxygens (including phenoxy) is 4. The second-order valence-corrected chi connectivity index (χ2v) is 5.93. The number of dihydropyridines is 1. The maximum atomic E-state index is 6.34. The van der Waals surface area contributed by atoms with Crippen LogP contribution < -0.4 is 14.2 Å². The van der Waals surface area contributed by atoms with Gasteiger partial charge in [0.15, 0.2) is 17.7 Å². The molecule has 0 saturated heterocycles. The normalized spacial score (nSPS) is 18.7. The van der Waals surface area contributed by atoms with Crippen LogP contribution in [0.3, 0.4) is 0 Å². The van der Waals surface area contributed by atoms with Crippen LogP contribution in [-0.2, 0) is 4.74 Å². The Kier molecular flexibility index (Phi) is 6.51. The number of rotatable bonds is 6. The molecule has 136 valence electrons. The van der Waals surface area contributed by atoms with Crippen molar-refractivity contribution in [3.05, 3.63) is 33.4 Å². The van der Waals surface area contributed by atoms with Crippen LogP contribution >= 0.6 is 11.6 Å². The summed E-state index contributed by atoms with van der Waals surface area (Å²) in [6, 6.07) is 1.92. The average Bonchev–Trinajstić information content (AvgIpc) is 2.62. The van der Waals surface area contributed by atoms with Gasteiger partial charge in [-0.1, -0.05) is 18.5 Å². The van der Waals surface area contributed by atoms with Gasteiger partial charge in [0.05, 0.1) is 26.4 Å². The largest absolute Gasteiger partial charge is 0.493 e. The maximum absolute atomic E-state index is 6.34. The zero-order valence-corrected chi connectivity index (χ0v) is 16.2. The maximum Gasteiger partial charge on any atom is 0.203 e. The molecule has 1 unspecified atom stereocenters. The monoisotopic (exact) mass is 365 g/mol. The van der Waals surface area contributed by atoms with Crippen LogP contribution in [0.1, 0.15) is 24.5 Å². The Hall–Kier alpha value is -1.98. The van der Waals surface area contributed by atoms with E-state index in [0.717, 1.165) is 28.7 Å². The van der Waals surface area contributed by atoms with E-state index in [-0.39, 0.29) is 0 Å². The summed E-state index contributed by atoms with van der Waals surface area (Å²) in [7, 11) is 6.42. The van der Waals surface area contributed by atoms with Gasteiger partial charge in [-0.25, -0.2) is 0 Å². The van der Waals surface area contributed by atoms with Gasteiger partial charge in [-0.05, 0) is 36.6 Å². The molecular formula is C19H24ClNO4. The molecule has 1 aliphatic heterocycles. The van der Waals surface area contributed by atoms with Gasteiger partial charge in [0, 0.05) is 24.5 Å². The minimum Gasteiger partial charge on any atom is -0.493 e. The van der Waals surface area contributed by atoms with Crippen molar-refractivity contribution in [3.8, 4) is 17.2 Å². The van der Waals surface area contributed by atoms with Crippen LogP contribution in [0.4, 0.5) is 0 Å². The third-order valence-corrected chi connectivity index (χ3v) is 4.50. The highest BCUT2D eigenvalue weighted by Crippen LogP contribution is 2.44. The molecule has 1 heterocycles. The second kappa shape index (κ2) is 8.41. The van der Waals surface area contributed by atoms with Gasteiger partial charge in [-0.3, -0.25) is 4.99 Å². The summed E-state index contributed by atoms with van der Waals surface area (Å²) in [6.07, 6.45) is 4.01. The fraction of sp³-hybridized carbons (Fsp3) is 0.421. The van der Waals surface area contributed by atoms with Crippen LogP contribution in [0.5, 0.6) is 17.2 Å². The first kappa shape index (κ1) is 19.3. The zero-order valence-electron chi connectivity index (χ0n) is 15.5. The first-order valence-corrected chi connectivity index (χ1v) is 8.36. The van der Waals surface area contributed by atoms with Gasteiger partial charge in [0.1, 0.15) is 0 Å². The van der Waals surface area contributed by atoms with Crippen molar-refractivity contribution >= 4 is 23.9 Å². The molecule has 1 aromatic rings. The molecule has 0 N–H and O–H groups in total. The van der Waals surface area contributed by atoms with Crippen molar-refractivity contribution in [2.24, 2.45) is 4.99 Å². The van der Waals surface area contributed by atoms with E-state index in [9.17, 15) is 0 Å². The summed E-state index contributed by atoms with van der Waals surface area (Å²) in [5, 5.41) is 0.624. The standard InChI is InChI=1S/C19H24ClNO4/c1-7-12-14(19(25-6)21-10-15(12)20)9-13-11(2)8-16(22-3)18(24-5)17(13)23-4/h8-10,19H,7H2,1-6H3. The molecular weight excluding hydrogens is 342 g/mol. The van der Waals surface area contributed by atoms with E-state index < -0.39 is 6.23 Å². The number of methoxy groups -OCH3 is 4. The van der Waals surface area contributed by atoms with Crippen LogP contribution in [0.2, 0.25) is 0 Å². The molecule has 0 spiro atoms. The number of halogens is 1. The van der Waals surface area contributed by atoms with E-state index in [4.69, 9.17) is 30.5 Å². The minimum absolute atomic E-state index is 0.408. The summed E-state index contributed by atoms with van der Waals surface area (Å²) in [5.74, 6) is 1.76. The Labute approximate surface area is 153 Å². The van der Waals surface area contributed by atoms with E-state index >= 15 is 0 Å². The predicted octanol–water partition coefficient (Wildman–Crippen LogP) is 4.36. The molecule has 0 aliphatic carbocycles. The molecule has 0 bridgehead atoms. The van der Waals surface area contributed by atoms with E-state index in [1.165, 1.54) is 0 Å². The first-order valence-electron chi connectivity index (χ1n) is 7.98. The average molecular weight is 366 g/mol. The number of hydrogen-bond donors (Lipinski definition) is 0. The van der Waals surface area contributed by atoms with Crippen molar-refractivity contribution in [3.63, 3.8) is 0 Å². The number of hydrogen-bond acceptors (Lipinski definition) is 5. The predicted molar refractivity (Wildman–Crippen MR) is 101 cm³/mol.